The maximum atomic E-state index is 3.76. The molecule has 0 aliphatic carbocycles. The zero-order valence-corrected chi connectivity index (χ0v) is 8.06. The molecular weight excluding hydrogens is 132 g/mol. The number of rotatable bonds is 5. The minimum Gasteiger partial charge on any atom is -0.103 e. The fourth-order valence-electron chi connectivity index (χ4n) is 0.855. The highest BCUT2D eigenvalue weighted by molar-refractivity contribution is 4.96. The van der Waals surface area contributed by atoms with Crippen molar-refractivity contribution in [2.75, 3.05) is 0 Å². The summed E-state index contributed by atoms with van der Waals surface area (Å²) in [5.74, 6) is 0.663. The Morgan fingerprint density at radius 2 is 2.18 bits per heavy atom. The molecule has 0 nitrogen and oxygen atoms in total. The van der Waals surface area contributed by atoms with Crippen LogP contribution in [0.2, 0.25) is 0 Å². The first-order valence-corrected chi connectivity index (χ1v) is 4.48. The van der Waals surface area contributed by atoms with E-state index >= 15 is 0 Å². The van der Waals surface area contributed by atoms with Crippen molar-refractivity contribution in [3.8, 4) is 0 Å². The van der Waals surface area contributed by atoms with E-state index in [4.69, 9.17) is 0 Å². The van der Waals surface area contributed by atoms with Gasteiger partial charge in [-0.3, -0.25) is 0 Å². The van der Waals surface area contributed by atoms with Crippen LogP contribution in [0.25, 0.3) is 0 Å². The molecule has 0 saturated carbocycles. The highest BCUT2D eigenvalue weighted by Gasteiger charge is 1.92. The van der Waals surface area contributed by atoms with E-state index in [1.165, 1.54) is 24.8 Å². The summed E-state index contributed by atoms with van der Waals surface area (Å²) in [5.41, 5.74) is 1.50. The molecule has 0 aromatic carbocycles. The van der Waals surface area contributed by atoms with E-state index < -0.39 is 0 Å². The average Bonchev–Trinajstić information content (AvgIpc) is 2.04. The molecule has 1 atom stereocenters. The monoisotopic (exact) mass is 152 g/mol. The molecule has 0 aromatic heterocycles. The number of hydrogen-bond donors (Lipinski definition) is 0. The number of hydrogen-bond acceptors (Lipinski definition) is 0. The smallest absolute Gasteiger partial charge is 0.0262 e. The summed E-state index contributed by atoms with van der Waals surface area (Å²) in [7, 11) is 0. The molecule has 64 valence electrons. The molecule has 1 unspecified atom stereocenters. The quantitative estimate of drug-likeness (QED) is 0.523. The summed E-state index contributed by atoms with van der Waals surface area (Å²) in [6, 6.07) is 0. The summed E-state index contributed by atoms with van der Waals surface area (Å²) >= 11 is 0. The fraction of sp³-hybridized carbons (Fsp3) is 0.636. The lowest BCUT2D eigenvalue weighted by atomic mass is 10.0. The van der Waals surface area contributed by atoms with E-state index in [1.54, 1.807) is 0 Å². The molecule has 0 aliphatic heterocycles. The Bertz CT molecular complexity index is 131. The minimum atomic E-state index is 0.663. The molecule has 0 spiro atoms. The first-order chi connectivity index (χ1) is 5.20. The van der Waals surface area contributed by atoms with E-state index in [2.05, 4.69) is 33.4 Å². The molecule has 0 saturated heterocycles. The van der Waals surface area contributed by atoms with Crippen LogP contribution in [-0.4, -0.2) is 0 Å². The first-order valence-electron chi connectivity index (χ1n) is 4.48. The van der Waals surface area contributed by atoms with Gasteiger partial charge in [-0.2, -0.15) is 0 Å². The van der Waals surface area contributed by atoms with Crippen LogP contribution in [0.1, 0.15) is 40.0 Å². The van der Waals surface area contributed by atoms with Crippen molar-refractivity contribution in [1.29, 1.82) is 0 Å². The Morgan fingerprint density at radius 1 is 1.55 bits per heavy atom. The molecule has 0 rings (SSSR count). The Balaban J connectivity index is 3.47. The highest BCUT2D eigenvalue weighted by atomic mass is 14.0. The summed E-state index contributed by atoms with van der Waals surface area (Å²) in [6.07, 6.45) is 7.98. The van der Waals surface area contributed by atoms with Gasteiger partial charge in [0.2, 0.25) is 0 Å². The van der Waals surface area contributed by atoms with Gasteiger partial charge < -0.3 is 0 Å². The maximum absolute atomic E-state index is 3.76. The Labute approximate surface area is 71.0 Å². The van der Waals surface area contributed by atoms with Crippen molar-refractivity contribution in [1.82, 2.24) is 0 Å². The molecular formula is C11H20. The molecule has 0 aromatic rings. The van der Waals surface area contributed by atoms with Gasteiger partial charge in [0.1, 0.15) is 0 Å². The van der Waals surface area contributed by atoms with Crippen LogP contribution in [0.4, 0.5) is 0 Å². The van der Waals surface area contributed by atoms with Gasteiger partial charge in [0.15, 0.2) is 0 Å². The van der Waals surface area contributed by atoms with Crippen molar-refractivity contribution >= 4 is 0 Å². The lowest BCUT2D eigenvalue weighted by Crippen LogP contribution is -1.86. The van der Waals surface area contributed by atoms with E-state index in [0.717, 1.165) is 0 Å². The maximum Gasteiger partial charge on any atom is -0.0262 e. The van der Waals surface area contributed by atoms with Crippen LogP contribution in [0, 0.1) is 5.92 Å². The topological polar surface area (TPSA) is 0 Å². The minimum absolute atomic E-state index is 0.663. The van der Waals surface area contributed by atoms with Crippen LogP contribution >= 0.6 is 0 Å². The molecule has 0 radical (unpaired) electrons. The van der Waals surface area contributed by atoms with Gasteiger partial charge in [-0.05, 0) is 32.1 Å². The van der Waals surface area contributed by atoms with Gasteiger partial charge in [0, 0.05) is 0 Å². The van der Waals surface area contributed by atoms with Crippen LogP contribution in [-0.2, 0) is 0 Å². The Morgan fingerprint density at radius 3 is 2.64 bits per heavy atom. The highest BCUT2D eigenvalue weighted by Crippen LogP contribution is 2.09. The molecule has 0 fully saturated rings. The van der Waals surface area contributed by atoms with Crippen molar-refractivity contribution in [2.45, 2.75) is 40.0 Å². The van der Waals surface area contributed by atoms with Gasteiger partial charge >= 0.3 is 0 Å². The lowest BCUT2D eigenvalue weighted by Gasteiger charge is -2.02. The van der Waals surface area contributed by atoms with Gasteiger partial charge in [0.05, 0.1) is 0 Å². The molecule has 0 N–H and O–H groups in total. The summed E-state index contributed by atoms with van der Waals surface area (Å²) in [5, 5.41) is 0. The van der Waals surface area contributed by atoms with Gasteiger partial charge in [-0.15, -0.1) is 6.58 Å². The van der Waals surface area contributed by atoms with Gasteiger partial charge in [-0.25, -0.2) is 0 Å². The predicted molar refractivity (Wildman–Crippen MR) is 52.6 cm³/mol. The molecule has 0 amide bonds. The molecule has 0 bridgehead atoms. The van der Waals surface area contributed by atoms with Crippen molar-refractivity contribution in [3.63, 3.8) is 0 Å². The Kier molecular flexibility index (Phi) is 5.91. The van der Waals surface area contributed by atoms with Crippen LogP contribution < -0.4 is 0 Å². The van der Waals surface area contributed by atoms with Gasteiger partial charge in [-0.1, -0.05) is 31.6 Å². The fourth-order valence-corrected chi connectivity index (χ4v) is 0.855. The summed E-state index contributed by atoms with van der Waals surface area (Å²) in [4.78, 5) is 0. The van der Waals surface area contributed by atoms with E-state index in [1.807, 2.05) is 6.08 Å². The Hall–Kier alpha value is -0.520. The normalized spacial score (nSPS) is 14.6. The van der Waals surface area contributed by atoms with E-state index in [-0.39, 0.29) is 0 Å². The summed E-state index contributed by atoms with van der Waals surface area (Å²) < 4.78 is 0. The average molecular weight is 152 g/mol. The third kappa shape index (κ3) is 5.90. The van der Waals surface area contributed by atoms with Gasteiger partial charge in [0.25, 0.3) is 0 Å². The SMILES string of the molecule is C=CC(C)CCC=C(C)CC. The third-order valence-electron chi connectivity index (χ3n) is 2.07. The van der Waals surface area contributed by atoms with Crippen molar-refractivity contribution in [2.24, 2.45) is 5.92 Å². The molecule has 0 heteroatoms. The molecule has 0 heterocycles. The molecule has 11 heavy (non-hydrogen) atoms. The van der Waals surface area contributed by atoms with Crippen LogP contribution in [0.5, 0.6) is 0 Å². The van der Waals surface area contributed by atoms with E-state index in [0.29, 0.717) is 5.92 Å². The summed E-state index contributed by atoms with van der Waals surface area (Å²) in [6.45, 7) is 10.4. The predicted octanol–water partition coefficient (Wildman–Crippen LogP) is 3.95. The van der Waals surface area contributed by atoms with E-state index in [9.17, 15) is 0 Å². The second-order valence-corrected chi connectivity index (χ2v) is 3.19. The van der Waals surface area contributed by atoms with Crippen molar-refractivity contribution in [3.05, 3.63) is 24.3 Å². The first kappa shape index (κ1) is 10.5. The van der Waals surface area contributed by atoms with Crippen LogP contribution in [0.15, 0.2) is 24.3 Å². The standard InChI is InChI=1S/C11H20/c1-5-10(3)8-7-9-11(4)6-2/h5,9-10H,1,6-8H2,2-4H3. The second kappa shape index (κ2) is 6.21. The lowest BCUT2D eigenvalue weighted by molar-refractivity contribution is 0.657. The second-order valence-electron chi connectivity index (χ2n) is 3.19. The van der Waals surface area contributed by atoms with Crippen molar-refractivity contribution < 1.29 is 0 Å². The largest absolute Gasteiger partial charge is 0.103 e. The zero-order valence-electron chi connectivity index (χ0n) is 8.06. The zero-order chi connectivity index (χ0) is 8.69. The third-order valence-corrected chi connectivity index (χ3v) is 2.07. The van der Waals surface area contributed by atoms with Crippen LogP contribution in [0.3, 0.4) is 0 Å². The molecule has 0 aliphatic rings. The number of allylic oxidation sites excluding steroid dienone is 3.